The van der Waals surface area contributed by atoms with Crippen LogP contribution < -0.4 is 5.32 Å². The molecule has 1 aliphatic carbocycles. The van der Waals surface area contributed by atoms with Gasteiger partial charge in [-0.2, -0.15) is 0 Å². The van der Waals surface area contributed by atoms with Crippen molar-refractivity contribution in [2.75, 3.05) is 0 Å². The molecule has 0 spiro atoms. The Morgan fingerprint density at radius 3 is 2.85 bits per heavy atom. The molecule has 1 saturated carbocycles. The zero-order chi connectivity index (χ0) is 13.9. The zero-order valence-corrected chi connectivity index (χ0v) is 12.6. The summed E-state index contributed by atoms with van der Waals surface area (Å²) in [4.78, 5) is 0. The van der Waals surface area contributed by atoms with E-state index in [1.54, 1.807) is 0 Å². The van der Waals surface area contributed by atoms with Gasteiger partial charge in [-0.05, 0) is 31.7 Å². The second kappa shape index (κ2) is 6.01. The van der Waals surface area contributed by atoms with Gasteiger partial charge in [0, 0.05) is 23.5 Å². The van der Waals surface area contributed by atoms with E-state index in [1.807, 2.05) is 6.07 Å². The fourth-order valence-electron chi connectivity index (χ4n) is 3.64. The van der Waals surface area contributed by atoms with E-state index in [0.717, 1.165) is 23.8 Å². The standard InChI is InChI=1S/C18H25NO/c1-3-14-8-4-6-10-17(14)19-12-16-13(2)20-18-11-7-5-9-15(16)18/h5,7,9,11,14,17,19H,3-4,6,8,10,12H2,1-2H3. The number of hydrogen-bond acceptors (Lipinski definition) is 2. The number of furan rings is 1. The summed E-state index contributed by atoms with van der Waals surface area (Å²) >= 11 is 0. The molecule has 0 aliphatic heterocycles. The molecule has 3 rings (SSSR count). The van der Waals surface area contributed by atoms with E-state index in [1.165, 1.54) is 43.1 Å². The summed E-state index contributed by atoms with van der Waals surface area (Å²) in [5.41, 5.74) is 2.35. The maximum atomic E-state index is 5.85. The van der Waals surface area contributed by atoms with Crippen LogP contribution in [0.3, 0.4) is 0 Å². The van der Waals surface area contributed by atoms with E-state index in [9.17, 15) is 0 Å². The van der Waals surface area contributed by atoms with Gasteiger partial charge in [-0.1, -0.05) is 44.4 Å². The van der Waals surface area contributed by atoms with Crippen LogP contribution in [0, 0.1) is 12.8 Å². The molecular formula is C18H25NO. The Labute approximate surface area is 121 Å². The lowest BCUT2D eigenvalue weighted by molar-refractivity contribution is 0.254. The number of hydrogen-bond donors (Lipinski definition) is 1. The van der Waals surface area contributed by atoms with Crippen molar-refractivity contribution in [3.8, 4) is 0 Å². The SMILES string of the molecule is CCC1CCCCC1NCc1c(C)oc2ccccc12. The number of nitrogens with one attached hydrogen (secondary N) is 1. The number of benzene rings is 1. The number of para-hydroxylation sites is 1. The van der Waals surface area contributed by atoms with E-state index in [2.05, 4.69) is 37.4 Å². The van der Waals surface area contributed by atoms with E-state index in [-0.39, 0.29) is 0 Å². The molecule has 108 valence electrons. The number of aryl methyl sites for hydroxylation is 1. The van der Waals surface area contributed by atoms with Crippen LogP contribution in [0.2, 0.25) is 0 Å². The van der Waals surface area contributed by atoms with Crippen LogP contribution >= 0.6 is 0 Å². The molecule has 1 fully saturated rings. The summed E-state index contributed by atoms with van der Waals surface area (Å²) in [7, 11) is 0. The van der Waals surface area contributed by atoms with Gasteiger partial charge in [0.25, 0.3) is 0 Å². The van der Waals surface area contributed by atoms with Gasteiger partial charge in [-0.15, -0.1) is 0 Å². The normalized spacial score (nSPS) is 23.3. The third kappa shape index (κ3) is 2.62. The molecule has 1 aromatic carbocycles. The minimum atomic E-state index is 0.682. The molecule has 0 amide bonds. The van der Waals surface area contributed by atoms with Gasteiger partial charge in [-0.3, -0.25) is 0 Å². The fraction of sp³-hybridized carbons (Fsp3) is 0.556. The molecule has 0 saturated heterocycles. The predicted octanol–water partition coefficient (Wildman–Crippen LogP) is 4.80. The van der Waals surface area contributed by atoms with Crippen molar-refractivity contribution in [3.05, 3.63) is 35.6 Å². The molecule has 1 N–H and O–H groups in total. The first-order chi connectivity index (χ1) is 9.79. The molecule has 1 aromatic heterocycles. The summed E-state index contributed by atoms with van der Waals surface area (Å²) in [6, 6.07) is 9.04. The molecule has 0 radical (unpaired) electrons. The maximum absolute atomic E-state index is 5.85. The first kappa shape index (κ1) is 13.7. The largest absolute Gasteiger partial charge is 0.461 e. The lowest BCUT2D eigenvalue weighted by Crippen LogP contribution is -2.37. The Balaban J connectivity index is 1.74. The van der Waals surface area contributed by atoms with Gasteiger partial charge in [0.05, 0.1) is 0 Å². The molecule has 2 heteroatoms. The molecule has 2 atom stereocenters. The Hall–Kier alpha value is -1.28. The number of rotatable bonds is 4. The first-order valence-electron chi connectivity index (χ1n) is 8.00. The monoisotopic (exact) mass is 271 g/mol. The minimum Gasteiger partial charge on any atom is -0.461 e. The lowest BCUT2D eigenvalue weighted by atomic mass is 9.83. The predicted molar refractivity (Wildman–Crippen MR) is 83.8 cm³/mol. The highest BCUT2D eigenvalue weighted by molar-refractivity contribution is 5.82. The van der Waals surface area contributed by atoms with Crippen molar-refractivity contribution in [3.63, 3.8) is 0 Å². The van der Waals surface area contributed by atoms with Gasteiger partial charge in [0.1, 0.15) is 11.3 Å². The lowest BCUT2D eigenvalue weighted by Gasteiger charge is -2.31. The zero-order valence-electron chi connectivity index (χ0n) is 12.6. The number of fused-ring (bicyclic) bond motifs is 1. The van der Waals surface area contributed by atoms with E-state index < -0.39 is 0 Å². The maximum Gasteiger partial charge on any atom is 0.134 e. The van der Waals surface area contributed by atoms with Crippen molar-refractivity contribution in [1.29, 1.82) is 0 Å². The third-order valence-electron chi connectivity index (χ3n) is 4.87. The summed E-state index contributed by atoms with van der Waals surface area (Å²) in [5, 5.41) is 5.06. The molecule has 2 unspecified atom stereocenters. The molecule has 20 heavy (non-hydrogen) atoms. The summed E-state index contributed by atoms with van der Waals surface area (Å²) in [6.45, 7) is 5.34. The quantitative estimate of drug-likeness (QED) is 0.864. The Bertz CT molecular complexity index is 572. The van der Waals surface area contributed by atoms with Crippen LogP contribution in [-0.2, 0) is 6.54 Å². The summed E-state index contributed by atoms with van der Waals surface area (Å²) in [6.07, 6.45) is 6.79. The molecule has 1 aliphatic rings. The Kier molecular flexibility index (Phi) is 4.11. The van der Waals surface area contributed by atoms with Crippen LogP contribution in [0.15, 0.2) is 28.7 Å². The van der Waals surface area contributed by atoms with Crippen molar-refractivity contribution in [2.45, 2.75) is 58.5 Å². The smallest absolute Gasteiger partial charge is 0.134 e. The van der Waals surface area contributed by atoms with Gasteiger partial charge in [0.2, 0.25) is 0 Å². The molecule has 2 nitrogen and oxygen atoms in total. The van der Waals surface area contributed by atoms with Crippen LogP contribution in [0.1, 0.15) is 50.4 Å². The van der Waals surface area contributed by atoms with Gasteiger partial charge >= 0.3 is 0 Å². The highest BCUT2D eigenvalue weighted by Gasteiger charge is 2.23. The van der Waals surface area contributed by atoms with Crippen LogP contribution in [0.5, 0.6) is 0 Å². The van der Waals surface area contributed by atoms with Gasteiger partial charge in [-0.25, -0.2) is 0 Å². The van der Waals surface area contributed by atoms with Crippen LogP contribution in [-0.4, -0.2) is 6.04 Å². The van der Waals surface area contributed by atoms with Crippen molar-refractivity contribution in [2.24, 2.45) is 5.92 Å². The third-order valence-corrected chi connectivity index (χ3v) is 4.87. The average molecular weight is 271 g/mol. The van der Waals surface area contributed by atoms with Gasteiger partial charge < -0.3 is 9.73 Å². The summed E-state index contributed by atoms with van der Waals surface area (Å²) < 4.78 is 5.85. The molecule has 1 heterocycles. The van der Waals surface area contributed by atoms with Gasteiger partial charge in [0.15, 0.2) is 0 Å². The Morgan fingerprint density at radius 2 is 2.00 bits per heavy atom. The minimum absolute atomic E-state index is 0.682. The van der Waals surface area contributed by atoms with E-state index >= 15 is 0 Å². The second-order valence-electron chi connectivity index (χ2n) is 6.07. The van der Waals surface area contributed by atoms with E-state index in [0.29, 0.717) is 6.04 Å². The summed E-state index contributed by atoms with van der Waals surface area (Å²) in [5.74, 6) is 1.91. The van der Waals surface area contributed by atoms with Crippen molar-refractivity contribution in [1.82, 2.24) is 5.32 Å². The van der Waals surface area contributed by atoms with Crippen molar-refractivity contribution >= 4 is 11.0 Å². The highest BCUT2D eigenvalue weighted by atomic mass is 16.3. The highest BCUT2D eigenvalue weighted by Crippen LogP contribution is 2.29. The molecule has 0 bridgehead atoms. The average Bonchev–Trinajstić information content (AvgIpc) is 2.81. The fourth-order valence-corrected chi connectivity index (χ4v) is 3.64. The molecule has 2 aromatic rings. The van der Waals surface area contributed by atoms with E-state index in [4.69, 9.17) is 4.42 Å². The topological polar surface area (TPSA) is 25.2 Å². The van der Waals surface area contributed by atoms with Crippen LogP contribution in [0.25, 0.3) is 11.0 Å². The van der Waals surface area contributed by atoms with Crippen LogP contribution in [0.4, 0.5) is 0 Å². The first-order valence-corrected chi connectivity index (χ1v) is 8.00. The Morgan fingerprint density at radius 1 is 1.20 bits per heavy atom. The second-order valence-corrected chi connectivity index (χ2v) is 6.07. The molecular weight excluding hydrogens is 246 g/mol. The van der Waals surface area contributed by atoms with Crippen molar-refractivity contribution < 1.29 is 4.42 Å².